The molecule has 1 fully saturated rings. The van der Waals surface area contributed by atoms with Gasteiger partial charge in [0.25, 0.3) is 0 Å². The van der Waals surface area contributed by atoms with Crippen LogP contribution in [0.4, 0.5) is 0 Å². The number of aliphatic carboxylic acids is 1. The van der Waals surface area contributed by atoms with Crippen LogP contribution < -0.4 is 5.73 Å². The minimum absolute atomic E-state index is 0.0137. The highest BCUT2D eigenvalue weighted by Crippen LogP contribution is 2.43. The number of carbonyl (C=O) groups is 4. The van der Waals surface area contributed by atoms with Crippen molar-refractivity contribution in [1.29, 1.82) is 0 Å². The maximum absolute atomic E-state index is 12.8. The molecule has 14 nitrogen and oxygen atoms in total. The molecule has 1 aliphatic rings. The van der Waals surface area contributed by atoms with E-state index < -0.39 is 75.8 Å². The Morgan fingerprint density at radius 2 is 1.33 bits per heavy atom. The van der Waals surface area contributed by atoms with E-state index in [0.717, 1.165) is 77.0 Å². The van der Waals surface area contributed by atoms with Gasteiger partial charge in [0.1, 0.15) is 18.4 Å². The van der Waals surface area contributed by atoms with Crippen LogP contribution in [0.25, 0.3) is 0 Å². The third kappa shape index (κ3) is 29.9. The summed E-state index contributed by atoms with van der Waals surface area (Å²) in [5.74, 6) is -3.28. The largest absolute Gasteiger partial charge is 0.480 e. The van der Waals surface area contributed by atoms with E-state index in [0.29, 0.717) is 32.1 Å². The maximum atomic E-state index is 12.8. The molecule has 0 aromatic rings. The molecule has 7 atom stereocenters. The highest BCUT2D eigenvalue weighted by atomic mass is 31.2. The molecule has 0 spiro atoms. The van der Waals surface area contributed by atoms with E-state index in [-0.39, 0.29) is 31.0 Å². The molecule has 1 saturated carbocycles. The van der Waals surface area contributed by atoms with Crippen LogP contribution in [0.15, 0.2) is 48.6 Å². The summed E-state index contributed by atoms with van der Waals surface area (Å²) in [7, 11) is -4.79. The molecule has 0 amide bonds. The zero-order valence-electron chi connectivity index (χ0n) is 37.0. The molecule has 350 valence electrons. The van der Waals surface area contributed by atoms with Crippen LogP contribution >= 0.6 is 7.82 Å². The predicted molar refractivity (Wildman–Crippen MR) is 236 cm³/mol. The van der Waals surface area contributed by atoms with Crippen LogP contribution in [0.1, 0.15) is 162 Å². The van der Waals surface area contributed by atoms with Crippen molar-refractivity contribution in [3.63, 3.8) is 0 Å². The van der Waals surface area contributed by atoms with E-state index in [4.69, 9.17) is 24.8 Å². The summed E-state index contributed by atoms with van der Waals surface area (Å²) in [4.78, 5) is 58.8. The highest BCUT2D eigenvalue weighted by Gasteiger charge is 2.39. The number of phosphoric acid groups is 1. The summed E-state index contributed by atoms with van der Waals surface area (Å²) in [5, 5.41) is 29.7. The predicted octanol–water partition coefficient (Wildman–Crippen LogP) is 8.76. The average molecular weight is 884 g/mol. The fourth-order valence-electron chi connectivity index (χ4n) is 6.80. The lowest BCUT2D eigenvalue weighted by Gasteiger charge is -2.20. The molecule has 15 heteroatoms. The van der Waals surface area contributed by atoms with Crippen molar-refractivity contribution < 1.29 is 62.5 Å². The molecule has 6 N–H and O–H groups in total. The standard InChI is InChI=1S/C46H78NO13P/c1-3-5-7-8-9-10-11-12-13-14-15-16-17-18-19-20-25-29-44(51)57-34-38(35-58-61(55,56)59-36-41(47)46(53)54)60-45(52)30-26-22-21-24-28-39-40(43(50)33-42(39)49)32-31-37(48)27-23-6-4-2/h9-10,12-13,15-16,31-32,37-42,48-49H,3-8,11,14,17-30,33-36,47H2,1-2H3,(H,53,54)(H,55,56)/b10-9-,13-12-,16-15-,32-31+/t37-,38+,39+,40+,41-,42-/m0/s1. The van der Waals surface area contributed by atoms with Gasteiger partial charge < -0.3 is 35.4 Å². The lowest BCUT2D eigenvalue weighted by molar-refractivity contribution is -0.161. The van der Waals surface area contributed by atoms with Crippen molar-refractivity contribution >= 4 is 31.5 Å². The van der Waals surface area contributed by atoms with Gasteiger partial charge in [-0.3, -0.25) is 28.2 Å². The second-order valence-corrected chi connectivity index (χ2v) is 17.4. The molecular formula is C46H78NO13P. The third-order valence-corrected chi connectivity index (χ3v) is 11.4. The monoisotopic (exact) mass is 884 g/mol. The van der Waals surface area contributed by atoms with Gasteiger partial charge in [-0.05, 0) is 70.1 Å². The van der Waals surface area contributed by atoms with Crippen LogP contribution in [0, 0.1) is 11.8 Å². The molecule has 61 heavy (non-hydrogen) atoms. The van der Waals surface area contributed by atoms with Gasteiger partial charge in [0, 0.05) is 25.2 Å². The van der Waals surface area contributed by atoms with E-state index in [9.17, 15) is 38.8 Å². The first-order valence-corrected chi connectivity index (χ1v) is 24.3. The van der Waals surface area contributed by atoms with Gasteiger partial charge in [-0.15, -0.1) is 0 Å². The van der Waals surface area contributed by atoms with E-state index in [2.05, 4.69) is 54.8 Å². The van der Waals surface area contributed by atoms with E-state index >= 15 is 0 Å². The molecule has 0 heterocycles. The minimum Gasteiger partial charge on any atom is -0.480 e. The van der Waals surface area contributed by atoms with Gasteiger partial charge in [0.05, 0.1) is 25.4 Å². The zero-order valence-corrected chi connectivity index (χ0v) is 37.8. The number of ether oxygens (including phenoxy) is 2. The first kappa shape index (κ1) is 56.0. The van der Waals surface area contributed by atoms with Crippen molar-refractivity contribution in [1.82, 2.24) is 0 Å². The fourth-order valence-corrected chi connectivity index (χ4v) is 7.58. The molecule has 0 aromatic carbocycles. The quantitative estimate of drug-likeness (QED) is 0.0169. The minimum atomic E-state index is -4.79. The Morgan fingerprint density at radius 1 is 0.770 bits per heavy atom. The van der Waals surface area contributed by atoms with Gasteiger partial charge in [-0.25, -0.2) is 4.57 Å². The first-order valence-electron chi connectivity index (χ1n) is 22.8. The summed E-state index contributed by atoms with van der Waals surface area (Å²) < 4.78 is 32.7. The Hall–Kier alpha value is -2.97. The lowest BCUT2D eigenvalue weighted by Crippen LogP contribution is -2.34. The van der Waals surface area contributed by atoms with Crippen LogP contribution in [-0.2, 0) is 42.3 Å². The second-order valence-electron chi connectivity index (χ2n) is 16.0. The summed E-state index contributed by atoms with van der Waals surface area (Å²) in [6.07, 6.45) is 32.2. The summed E-state index contributed by atoms with van der Waals surface area (Å²) in [6, 6.07) is -1.57. The van der Waals surface area contributed by atoms with Crippen molar-refractivity contribution in [3.8, 4) is 0 Å². The summed E-state index contributed by atoms with van der Waals surface area (Å²) in [6.45, 7) is 2.40. The average Bonchev–Trinajstić information content (AvgIpc) is 3.49. The molecule has 0 aromatic heterocycles. The Bertz CT molecular complexity index is 1380. The molecule has 0 bridgehead atoms. The fraction of sp³-hybridized carbons (Fsp3) is 0.739. The third-order valence-electron chi connectivity index (χ3n) is 10.5. The molecule has 0 aliphatic heterocycles. The number of aliphatic hydroxyl groups is 2. The number of hydrogen-bond acceptors (Lipinski definition) is 12. The molecule has 1 unspecified atom stereocenters. The lowest BCUT2D eigenvalue weighted by atomic mass is 9.88. The van der Waals surface area contributed by atoms with Crippen molar-refractivity contribution in [3.05, 3.63) is 48.6 Å². The normalized spacial score (nSPS) is 19.6. The smallest absolute Gasteiger partial charge is 0.472 e. The number of unbranched alkanes of at least 4 members (excludes halogenated alkanes) is 12. The van der Waals surface area contributed by atoms with Crippen LogP contribution in [0.2, 0.25) is 0 Å². The summed E-state index contributed by atoms with van der Waals surface area (Å²) in [5.41, 5.74) is 5.33. The topological polar surface area (TPSA) is 229 Å². The van der Waals surface area contributed by atoms with Crippen LogP contribution in [0.3, 0.4) is 0 Å². The van der Waals surface area contributed by atoms with Gasteiger partial charge in [-0.2, -0.15) is 0 Å². The number of carbonyl (C=O) groups excluding carboxylic acids is 3. The van der Waals surface area contributed by atoms with Crippen molar-refractivity contribution in [2.45, 2.75) is 186 Å². The Kier molecular flexibility index (Phi) is 32.6. The number of aliphatic hydroxyl groups excluding tert-OH is 2. The van der Waals surface area contributed by atoms with Crippen LogP contribution in [0.5, 0.6) is 0 Å². The van der Waals surface area contributed by atoms with Gasteiger partial charge in [0.2, 0.25) is 0 Å². The number of allylic oxidation sites excluding steroid dienone is 7. The van der Waals surface area contributed by atoms with Gasteiger partial charge >= 0.3 is 25.7 Å². The molecule has 0 saturated heterocycles. The number of carboxylic acid groups (broad SMARTS) is 1. The van der Waals surface area contributed by atoms with Crippen LogP contribution in [-0.4, -0.2) is 88.1 Å². The van der Waals surface area contributed by atoms with Crippen molar-refractivity contribution in [2.24, 2.45) is 17.6 Å². The number of esters is 2. The molecule has 1 rings (SSSR count). The number of nitrogens with two attached hydrogens (primary N) is 1. The van der Waals surface area contributed by atoms with Gasteiger partial charge in [-0.1, -0.05) is 127 Å². The Morgan fingerprint density at radius 3 is 1.97 bits per heavy atom. The SMILES string of the molecule is CCCCC/C=C\C/C=C\C/C=C\CCCCCCC(=O)OC[C@H](COP(=O)(O)OC[C@H](N)C(=O)O)OC(=O)CCCCCC[C@H]1[C@@H](O)CC(=O)[C@@H]1/C=C/[C@@H](O)CCCCC. The zero-order chi connectivity index (χ0) is 45.1. The van der Waals surface area contributed by atoms with Gasteiger partial charge in [0.15, 0.2) is 6.10 Å². The maximum Gasteiger partial charge on any atom is 0.472 e. The number of carboxylic acids is 1. The second kappa shape index (κ2) is 35.5. The first-order chi connectivity index (χ1) is 29.3. The molecule has 1 aliphatic carbocycles. The van der Waals surface area contributed by atoms with E-state index in [1.54, 1.807) is 12.2 Å². The number of hydrogen-bond donors (Lipinski definition) is 5. The number of Topliss-reactive ketones (excluding diaryl/α,β-unsaturated/α-hetero) is 1. The number of ketones is 1. The molecule has 0 radical (unpaired) electrons. The van der Waals surface area contributed by atoms with E-state index in [1.807, 2.05) is 0 Å². The molecular weight excluding hydrogens is 805 g/mol. The Labute approximate surface area is 365 Å². The highest BCUT2D eigenvalue weighted by molar-refractivity contribution is 7.47. The number of rotatable bonds is 38. The summed E-state index contributed by atoms with van der Waals surface area (Å²) >= 11 is 0. The van der Waals surface area contributed by atoms with Crippen molar-refractivity contribution in [2.75, 3.05) is 19.8 Å². The Balaban J connectivity index is 2.48. The number of phosphoric ester groups is 1. The van der Waals surface area contributed by atoms with E-state index in [1.165, 1.54) is 19.3 Å².